The van der Waals surface area contributed by atoms with Crippen LogP contribution in [0.3, 0.4) is 0 Å². The number of hydrogen-bond acceptors (Lipinski definition) is 1. The summed E-state index contributed by atoms with van der Waals surface area (Å²) >= 11 is 5.33. The lowest BCUT2D eigenvalue weighted by atomic mass is 10.0. The van der Waals surface area contributed by atoms with Gasteiger partial charge in [-0.1, -0.05) is 13.8 Å². The minimum Gasteiger partial charge on any atom is -0.147 e. The smallest absolute Gasteiger partial charge is 0.0285 e. The van der Waals surface area contributed by atoms with E-state index in [0.29, 0.717) is 0 Å². The van der Waals surface area contributed by atoms with Gasteiger partial charge in [-0.25, -0.2) is 0 Å². The van der Waals surface area contributed by atoms with Crippen LogP contribution in [0.2, 0.25) is 0 Å². The van der Waals surface area contributed by atoms with Gasteiger partial charge in [0.25, 0.3) is 0 Å². The van der Waals surface area contributed by atoms with Crippen molar-refractivity contribution < 1.29 is 0 Å². The van der Waals surface area contributed by atoms with E-state index in [1.807, 2.05) is 11.3 Å². The third-order valence-electron chi connectivity index (χ3n) is 1.98. The average Bonchev–Trinajstić information content (AvgIpc) is 2.39. The molecule has 0 unspecified atom stereocenters. The molecule has 0 atom stereocenters. The normalized spacial score (nSPS) is 10.9. The van der Waals surface area contributed by atoms with Crippen LogP contribution in [0.4, 0.5) is 0 Å². The molecule has 0 aliphatic heterocycles. The van der Waals surface area contributed by atoms with Crippen LogP contribution in [-0.4, -0.2) is 0 Å². The second kappa shape index (κ2) is 4.27. The Balaban J connectivity index is 2.73. The maximum absolute atomic E-state index is 3.47. The zero-order valence-electron chi connectivity index (χ0n) is 6.93. The van der Waals surface area contributed by atoms with E-state index in [1.165, 1.54) is 22.2 Å². The fourth-order valence-electron chi connectivity index (χ4n) is 1.23. The summed E-state index contributed by atoms with van der Waals surface area (Å²) in [5.41, 5.74) is 0. The van der Waals surface area contributed by atoms with Gasteiger partial charge in [-0.05, 0) is 40.8 Å². The first-order chi connectivity index (χ1) is 5.27. The monoisotopic (exact) mass is 232 g/mol. The van der Waals surface area contributed by atoms with Crippen molar-refractivity contribution in [3.63, 3.8) is 0 Å². The molecule has 0 bridgehead atoms. The van der Waals surface area contributed by atoms with Crippen LogP contribution >= 0.6 is 27.3 Å². The SMILES string of the molecule is CCC(CC)c1cc(Br)cs1. The molecule has 0 spiro atoms. The molecule has 1 aromatic rings. The lowest BCUT2D eigenvalue weighted by Gasteiger charge is -2.07. The zero-order valence-corrected chi connectivity index (χ0v) is 9.33. The van der Waals surface area contributed by atoms with E-state index in [1.54, 1.807) is 0 Å². The fraction of sp³-hybridized carbons (Fsp3) is 0.556. The summed E-state index contributed by atoms with van der Waals surface area (Å²) in [4.78, 5) is 1.52. The molecular weight excluding hydrogens is 220 g/mol. The van der Waals surface area contributed by atoms with Crippen molar-refractivity contribution in [2.75, 3.05) is 0 Å². The number of halogens is 1. The quantitative estimate of drug-likeness (QED) is 0.725. The molecule has 0 aliphatic rings. The summed E-state index contributed by atoms with van der Waals surface area (Å²) in [6, 6.07) is 2.24. The first-order valence-electron chi connectivity index (χ1n) is 4.01. The van der Waals surface area contributed by atoms with E-state index in [4.69, 9.17) is 0 Å². The predicted molar refractivity (Wildman–Crippen MR) is 55.3 cm³/mol. The first kappa shape index (κ1) is 9.27. The summed E-state index contributed by atoms with van der Waals surface area (Å²) in [6.07, 6.45) is 2.51. The molecule has 0 fully saturated rings. The van der Waals surface area contributed by atoms with Crippen LogP contribution in [-0.2, 0) is 0 Å². The van der Waals surface area contributed by atoms with E-state index < -0.39 is 0 Å². The number of hydrogen-bond donors (Lipinski definition) is 0. The van der Waals surface area contributed by atoms with Crippen LogP contribution in [0.25, 0.3) is 0 Å². The zero-order chi connectivity index (χ0) is 8.27. The summed E-state index contributed by atoms with van der Waals surface area (Å²) < 4.78 is 1.23. The van der Waals surface area contributed by atoms with Gasteiger partial charge in [-0.3, -0.25) is 0 Å². The minimum absolute atomic E-state index is 0.770. The molecule has 62 valence electrons. The van der Waals surface area contributed by atoms with Gasteiger partial charge in [0.2, 0.25) is 0 Å². The van der Waals surface area contributed by atoms with Crippen molar-refractivity contribution in [2.45, 2.75) is 32.6 Å². The Bertz CT molecular complexity index is 213. The molecule has 0 saturated carbocycles. The molecule has 0 aliphatic carbocycles. The van der Waals surface area contributed by atoms with Gasteiger partial charge in [0, 0.05) is 14.7 Å². The van der Waals surface area contributed by atoms with Crippen molar-refractivity contribution in [1.29, 1.82) is 0 Å². The molecule has 11 heavy (non-hydrogen) atoms. The molecular formula is C9H13BrS. The maximum atomic E-state index is 3.47. The molecule has 2 heteroatoms. The predicted octanol–water partition coefficient (Wildman–Crippen LogP) is 4.41. The van der Waals surface area contributed by atoms with Crippen LogP contribution in [0, 0.1) is 0 Å². The van der Waals surface area contributed by atoms with Gasteiger partial charge in [-0.15, -0.1) is 11.3 Å². The highest BCUT2D eigenvalue weighted by Crippen LogP contribution is 2.30. The number of thiophene rings is 1. The molecule has 1 heterocycles. The van der Waals surface area contributed by atoms with E-state index in [9.17, 15) is 0 Å². The third kappa shape index (κ3) is 2.31. The highest BCUT2D eigenvalue weighted by molar-refractivity contribution is 9.10. The minimum atomic E-state index is 0.770. The van der Waals surface area contributed by atoms with Gasteiger partial charge >= 0.3 is 0 Å². The Morgan fingerprint density at radius 2 is 2.09 bits per heavy atom. The Morgan fingerprint density at radius 3 is 2.45 bits per heavy atom. The first-order valence-corrected chi connectivity index (χ1v) is 5.69. The van der Waals surface area contributed by atoms with E-state index in [-0.39, 0.29) is 0 Å². The van der Waals surface area contributed by atoms with Crippen molar-refractivity contribution in [2.24, 2.45) is 0 Å². The van der Waals surface area contributed by atoms with Crippen LogP contribution < -0.4 is 0 Å². The standard InChI is InChI=1S/C9H13BrS/c1-3-7(4-2)9-5-8(10)6-11-9/h5-7H,3-4H2,1-2H3. The fourth-order valence-corrected chi connectivity index (χ4v) is 2.95. The summed E-state index contributed by atoms with van der Waals surface area (Å²) in [5.74, 6) is 0.770. The van der Waals surface area contributed by atoms with Crippen molar-refractivity contribution in [1.82, 2.24) is 0 Å². The summed E-state index contributed by atoms with van der Waals surface area (Å²) in [5, 5.41) is 2.16. The van der Waals surface area contributed by atoms with Gasteiger partial charge in [0.05, 0.1) is 0 Å². The van der Waals surface area contributed by atoms with E-state index in [2.05, 4.69) is 41.2 Å². The maximum Gasteiger partial charge on any atom is 0.0285 e. The van der Waals surface area contributed by atoms with Gasteiger partial charge in [0.15, 0.2) is 0 Å². The molecule has 0 saturated heterocycles. The van der Waals surface area contributed by atoms with Crippen LogP contribution in [0.5, 0.6) is 0 Å². The lowest BCUT2D eigenvalue weighted by Crippen LogP contribution is -1.90. The molecule has 1 rings (SSSR count). The Labute approximate surface area is 80.8 Å². The van der Waals surface area contributed by atoms with Crippen molar-refractivity contribution >= 4 is 27.3 Å². The Hall–Kier alpha value is 0.180. The average molecular weight is 233 g/mol. The number of rotatable bonds is 3. The highest BCUT2D eigenvalue weighted by atomic mass is 79.9. The second-order valence-corrected chi connectivity index (χ2v) is 4.54. The molecule has 0 nitrogen and oxygen atoms in total. The van der Waals surface area contributed by atoms with E-state index >= 15 is 0 Å². The third-order valence-corrected chi connectivity index (χ3v) is 3.83. The van der Waals surface area contributed by atoms with Gasteiger partial charge < -0.3 is 0 Å². The summed E-state index contributed by atoms with van der Waals surface area (Å²) in [7, 11) is 0. The molecule has 0 radical (unpaired) electrons. The van der Waals surface area contributed by atoms with Crippen molar-refractivity contribution in [3.8, 4) is 0 Å². The van der Waals surface area contributed by atoms with Crippen LogP contribution in [0.15, 0.2) is 15.9 Å². The lowest BCUT2D eigenvalue weighted by molar-refractivity contribution is 0.653. The summed E-state index contributed by atoms with van der Waals surface area (Å²) in [6.45, 7) is 4.50. The van der Waals surface area contributed by atoms with Gasteiger partial charge in [-0.2, -0.15) is 0 Å². The van der Waals surface area contributed by atoms with E-state index in [0.717, 1.165) is 5.92 Å². The topological polar surface area (TPSA) is 0 Å². The molecule has 0 N–H and O–H groups in total. The van der Waals surface area contributed by atoms with Crippen LogP contribution in [0.1, 0.15) is 37.5 Å². The Kier molecular flexibility index (Phi) is 3.60. The van der Waals surface area contributed by atoms with Crippen molar-refractivity contribution in [3.05, 3.63) is 20.8 Å². The largest absolute Gasteiger partial charge is 0.147 e. The second-order valence-electron chi connectivity index (χ2n) is 2.68. The molecule has 0 aromatic carbocycles. The van der Waals surface area contributed by atoms with Gasteiger partial charge in [0.1, 0.15) is 0 Å². The molecule has 0 amide bonds. The molecule has 1 aromatic heterocycles. The Morgan fingerprint density at radius 1 is 1.45 bits per heavy atom. The highest BCUT2D eigenvalue weighted by Gasteiger charge is 2.08.